The number of benzene rings is 1. The Hall–Kier alpha value is -3.16. The number of nitrogens with zero attached hydrogens (tertiary/aromatic N) is 5. The van der Waals surface area contributed by atoms with Gasteiger partial charge in [-0.3, -0.25) is 4.79 Å². The molecule has 2 aromatic heterocycles. The van der Waals surface area contributed by atoms with Crippen LogP contribution in [0.25, 0.3) is 5.69 Å². The Morgan fingerprint density at radius 3 is 2.76 bits per heavy atom. The van der Waals surface area contributed by atoms with Crippen molar-refractivity contribution in [3.05, 3.63) is 60.4 Å². The maximum absolute atomic E-state index is 12.8. The zero-order chi connectivity index (χ0) is 14.7. The molecule has 0 aliphatic heterocycles. The predicted molar refractivity (Wildman–Crippen MR) is 71.3 cm³/mol. The Morgan fingerprint density at radius 2 is 2.05 bits per heavy atom. The van der Waals surface area contributed by atoms with E-state index in [0.717, 1.165) is 6.07 Å². The first kappa shape index (κ1) is 12.9. The Labute approximate surface area is 118 Å². The summed E-state index contributed by atoms with van der Waals surface area (Å²) < 4.78 is 14.2. The molecule has 0 spiro atoms. The normalized spacial score (nSPS) is 10.3. The zero-order valence-electron chi connectivity index (χ0n) is 10.6. The van der Waals surface area contributed by atoms with Crippen LogP contribution in [0.5, 0.6) is 0 Å². The standard InChI is InChI=1S/C13H9FN6O/c14-12-6-5-9(7-15-12)13(21)17-10-3-1-2-4-11(10)20-8-16-18-19-20/h1-8H,(H,17,21). The van der Waals surface area contributed by atoms with Gasteiger partial charge in [0.25, 0.3) is 5.91 Å². The maximum atomic E-state index is 12.8. The Morgan fingerprint density at radius 1 is 1.19 bits per heavy atom. The second-order valence-electron chi connectivity index (χ2n) is 4.10. The van der Waals surface area contributed by atoms with Crippen LogP contribution in [0.2, 0.25) is 0 Å². The minimum Gasteiger partial charge on any atom is -0.320 e. The minimum atomic E-state index is -0.638. The molecular weight excluding hydrogens is 275 g/mol. The van der Waals surface area contributed by atoms with Crippen LogP contribution in [0, 0.1) is 5.95 Å². The summed E-state index contributed by atoms with van der Waals surface area (Å²) >= 11 is 0. The molecule has 0 bridgehead atoms. The number of tetrazole rings is 1. The number of carbonyl (C=O) groups is 1. The molecule has 0 aliphatic rings. The van der Waals surface area contributed by atoms with E-state index in [-0.39, 0.29) is 5.56 Å². The van der Waals surface area contributed by atoms with Crippen LogP contribution in [-0.4, -0.2) is 31.1 Å². The second-order valence-corrected chi connectivity index (χ2v) is 4.10. The summed E-state index contributed by atoms with van der Waals surface area (Å²) in [4.78, 5) is 15.6. The number of para-hydroxylation sites is 2. The average molecular weight is 284 g/mol. The molecule has 2 heterocycles. The molecule has 0 aliphatic carbocycles. The molecule has 0 radical (unpaired) electrons. The highest BCUT2D eigenvalue weighted by atomic mass is 19.1. The molecular formula is C13H9FN6O. The van der Waals surface area contributed by atoms with Crippen LogP contribution in [0.1, 0.15) is 10.4 Å². The van der Waals surface area contributed by atoms with Crippen molar-refractivity contribution in [3.63, 3.8) is 0 Å². The predicted octanol–water partition coefficient (Wildman–Crippen LogP) is 1.45. The molecule has 0 unspecified atom stereocenters. The van der Waals surface area contributed by atoms with Crippen LogP contribution in [-0.2, 0) is 0 Å². The summed E-state index contributed by atoms with van der Waals surface area (Å²) in [6, 6.07) is 9.53. The van der Waals surface area contributed by atoms with Gasteiger partial charge in [0.15, 0.2) is 0 Å². The Balaban J connectivity index is 1.88. The van der Waals surface area contributed by atoms with Crippen molar-refractivity contribution >= 4 is 11.6 Å². The van der Waals surface area contributed by atoms with Gasteiger partial charge in [0.2, 0.25) is 5.95 Å². The van der Waals surface area contributed by atoms with Gasteiger partial charge in [0, 0.05) is 6.20 Å². The molecule has 1 amide bonds. The van der Waals surface area contributed by atoms with E-state index in [9.17, 15) is 9.18 Å². The van der Waals surface area contributed by atoms with Gasteiger partial charge < -0.3 is 5.32 Å². The lowest BCUT2D eigenvalue weighted by Crippen LogP contribution is -2.14. The third-order valence-corrected chi connectivity index (χ3v) is 2.74. The van der Waals surface area contributed by atoms with Crippen LogP contribution in [0.3, 0.4) is 0 Å². The molecule has 8 heteroatoms. The molecule has 3 aromatic rings. The molecule has 1 N–H and O–H groups in total. The van der Waals surface area contributed by atoms with Crippen molar-refractivity contribution in [1.29, 1.82) is 0 Å². The fourth-order valence-electron chi connectivity index (χ4n) is 1.76. The van der Waals surface area contributed by atoms with Gasteiger partial charge in [0.1, 0.15) is 6.33 Å². The summed E-state index contributed by atoms with van der Waals surface area (Å²) in [7, 11) is 0. The third-order valence-electron chi connectivity index (χ3n) is 2.74. The van der Waals surface area contributed by atoms with E-state index in [4.69, 9.17) is 0 Å². The summed E-state index contributed by atoms with van der Waals surface area (Å²) in [6.07, 6.45) is 2.59. The number of rotatable bonds is 3. The smallest absolute Gasteiger partial charge is 0.257 e. The van der Waals surface area contributed by atoms with Gasteiger partial charge >= 0.3 is 0 Å². The van der Waals surface area contributed by atoms with Crippen molar-refractivity contribution in [1.82, 2.24) is 25.2 Å². The molecule has 104 valence electrons. The summed E-state index contributed by atoms with van der Waals surface area (Å²) in [5, 5.41) is 13.6. The minimum absolute atomic E-state index is 0.253. The van der Waals surface area contributed by atoms with Crippen molar-refractivity contribution < 1.29 is 9.18 Å². The summed E-state index contributed by atoms with van der Waals surface area (Å²) in [6.45, 7) is 0. The first-order valence-electron chi connectivity index (χ1n) is 5.99. The van der Waals surface area contributed by atoms with Crippen molar-refractivity contribution in [2.45, 2.75) is 0 Å². The van der Waals surface area contributed by atoms with E-state index in [1.54, 1.807) is 24.3 Å². The van der Waals surface area contributed by atoms with Crippen LogP contribution >= 0.6 is 0 Å². The number of amides is 1. The van der Waals surface area contributed by atoms with Gasteiger partial charge in [-0.05, 0) is 34.7 Å². The van der Waals surface area contributed by atoms with E-state index in [1.165, 1.54) is 23.3 Å². The molecule has 0 fully saturated rings. The molecule has 0 saturated carbocycles. The van der Waals surface area contributed by atoms with E-state index >= 15 is 0 Å². The van der Waals surface area contributed by atoms with Gasteiger partial charge in [-0.25, -0.2) is 4.98 Å². The fraction of sp³-hybridized carbons (Fsp3) is 0. The first-order chi connectivity index (χ1) is 10.2. The molecule has 21 heavy (non-hydrogen) atoms. The molecule has 0 atom stereocenters. The van der Waals surface area contributed by atoms with Crippen LogP contribution in [0.15, 0.2) is 48.9 Å². The Bertz CT molecular complexity index is 757. The number of hydrogen-bond acceptors (Lipinski definition) is 5. The van der Waals surface area contributed by atoms with Crippen LogP contribution < -0.4 is 5.32 Å². The summed E-state index contributed by atoms with van der Waals surface area (Å²) in [5.41, 5.74) is 1.40. The van der Waals surface area contributed by atoms with Gasteiger partial charge in [-0.15, -0.1) is 5.10 Å². The largest absolute Gasteiger partial charge is 0.320 e. The van der Waals surface area contributed by atoms with E-state index in [0.29, 0.717) is 11.4 Å². The number of aromatic nitrogens is 5. The third kappa shape index (κ3) is 2.73. The number of pyridine rings is 1. The number of hydrogen-bond donors (Lipinski definition) is 1. The average Bonchev–Trinajstić information content (AvgIpc) is 3.02. The van der Waals surface area contributed by atoms with E-state index in [2.05, 4.69) is 25.8 Å². The molecule has 1 aromatic carbocycles. The molecule has 0 saturated heterocycles. The number of nitrogens with one attached hydrogen (secondary N) is 1. The fourth-order valence-corrected chi connectivity index (χ4v) is 1.76. The maximum Gasteiger partial charge on any atom is 0.257 e. The number of halogens is 1. The lowest BCUT2D eigenvalue weighted by molar-refractivity contribution is 0.102. The topological polar surface area (TPSA) is 85.6 Å². The van der Waals surface area contributed by atoms with Gasteiger partial charge in [-0.1, -0.05) is 12.1 Å². The number of carbonyl (C=O) groups excluding carboxylic acids is 1. The molecule has 7 nitrogen and oxygen atoms in total. The quantitative estimate of drug-likeness (QED) is 0.736. The molecule has 3 rings (SSSR count). The van der Waals surface area contributed by atoms with E-state index < -0.39 is 11.9 Å². The lowest BCUT2D eigenvalue weighted by Gasteiger charge is -2.09. The number of anilines is 1. The SMILES string of the molecule is O=C(Nc1ccccc1-n1cnnn1)c1ccc(F)nc1. The highest BCUT2D eigenvalue weighted by Crippen LogP contribution is 2.19. The van der Waals surface area contributed by atoms with Gasteiger partial charge in [-0.2, -0.15) is 9.07 Å². The first-order valence-corrected chi connectivity index (χ1v) is 5.99. The highest BCUT2D eigenvalue weighted by Gasteiger charge is 2.11. The Kier molecular flexibility index (Phi) is 3.34. The zero-order valence-corrected chi connectivity index (χ0v) is 10.6. The van der Waals surface area contributed by atoms with Crippen molar-refractivity contribution in [3.8, 4) is 5.69 Å². The van der Waals surface area contributed by atoms with Crippen molar-refractivity contribution in [2.24, 2.45) is 0 Å². The highest BCUT2D eigenvalue weighted by molar-refractivity contribution is 6.05. The van der Waals surface area contributed by atoms with Crippen molar-refractivity contribution in [2.75, 3.05) is 5.32 Å². The summed E-state index contributed by atoms with van der Waals surface area (Å²) in [5.74, 6) is -1.04. The monoisotopic (exact) mass is 284 g/mol. The second kappa shape index (κ2) is 5.45. The van der Waals surface area contributed by atoms with E-state index in [1.807, 2.05) is 0 Å². The van der Waals surface area contributed by atoms with Crippen LogP contribution in [0.4, 0.5) is 10.1 Å². The van der Waals surface area contributed by atoms with Gasteiger partial charge in [0.05, 0.1) is 16.9 Å². The lowest BCUT2D eigenvalue weighted by atomic mass is 10.2.